The molecule has 1 unspecified atom stereocenters. The van der Waals surface area contributed by atoms with E-state index in [0.717, 1.165) is 5.56 Å². The number of nitrogens with one attached hydrogen (secondary N) is 1. The first-order chi connectivity index (χ1) is 9.19. The lowest BCUT2D eigenvalue weighted by Gasteiger charge is -2.27. The molecule has 0 aliphatic rings. The predicted octanol–water partition coefficient (Wildman–Crippen LogP) is 2.80. The van der Waals surface area contributed by atoms with Crippen LogP contribution in [0.25, 0.3) is 0 Å². The molecular weight excluding hydrogens is 254 g/mol. The molecule has 0 fully saturated rings. The molecule has 1 atom stereocenters. The van der Waals surface area contributed by atoms with Gasteiger partial charge < -0.3 is 10.4 Å². The van der Waals surface area contributed by atoms with Crippen molar-refractivity contribution < 1.29 is 14.7 Å². The van der Waals surface area contributed by atoms with E-state index >= 15 is 0 Å². The lowest BCUT2D eigenvalue weighted by atomic mass is 9.96. The Morgan fingerprint density at radius 2 is 1.75 bits per heavy atom. The first-order valence-corrected chi connectivity index (χ1v) is 6.79. The molecule has 20 heavy (non-hydrogen) atoms. The topological polar surface area (TPSA) is 66.4 Å². The van der Waals surface area contributed by atoms with E-state index in [2.05, 4.69) is 5.32 Å². The zero-order valence-corrected chi connectivity index (χ0v) is 12.6. The van der Waals surface area contributed by atoms with Crippen LogP contribution in [0.2, 0.25) is 0 Å². The van der Waals surface area contributed by atoms with Crippen molar-refractivity contribution >= 4 is 11.8 Å². The molecule has 2 N–H and O–H groups in total. The third-order valence-corrected chi connectivity index (χ3v) is 2.91. The molecule has 0 aliphatic carbocycles. The van der Waals surface area contributed by atoms with Gasteiger partial charge in [-0.25, -0.2) is 0 Å². The second-order valence-electron chi connectivity index (χ2n) is 6.11. The van der Waals surface area contributed by atoms with Crippen LogP contribution in [0.4, 0.5) is 0 Å². The summed E-state index contributed by atoms with van der Waals surface area (Å²) in [5.41, 5.74) is 1.46. The monoisotopic (exact) mass is 277 g/mol. The van der Waals surface area contributed by atoms with Crippen LogP contribution in [0, 0.1) is 6.92 Å². The van der Waals surface area contributed by atoms with E-state index in [4.69, 9.17) is 5.11 Å². The number of ketones is 1. The zero-order chi connectivity index (χ0) is 15.3. The van der Waals surface area contributed by atoms with E-state index in [-0.39, 0.29) is 17.7 Å². The molecule has 0 aliphatic heterocycles. The highest BCUT2D eigenvalue weighted by molar-refractivity contribution is 6.00. The van der Waals surface area contributed by atoms with Crippen LogP contribution in [0.5, 0.6) is 0 Å². The van der Waals surface area contributed by atoms with Gasteiger partial charge in [-0.15, -0.1) is 0 Å². The Balaban J connectivity index is 2.87. The van der Waals surface area contributed by atoms with Gasteiger partial charge in [-0.1, -0.05) is 29.8 Å². The summed E-state index contributed by atoms with van der Waals surface area (Å²) >= 11 is 0. The molecule has 4 heteroatoms. The highest BCUT2D eigenvalue weighted by atomic mass is 16.4. The van der Waals surface area contributed by atoms with Crippen LogP contribution >= 0.6 is 0 Å². The van der Waals surface area contributed by atoms with Crippen LogP contribution in [-0.4, -0.2) is 28.4 Å². The van der Waals surface area contributed by atoms with E-state index in [1.165, 1.54) is 0 Å². The maximum atomic E-state index is 12.5. The number of rotatable bonds is 6. The van der Waals surface area contributed by atoms with E-state index in [1.54, 1.807) is 12.1 Å². The maximum Gasteiger partial charge on any atom is 0.303 e. The van der Waals surface area contributed by atoms with Crippen LogP contribution < -0.4 is 5.32 Å². The van der Waals surface area contributed by atoms with Crippen molar-refractivity contribution in [1.29, 1.82) is 0 Å². The molecule has 0 saturated carbocycles. The number of carbonyl (C=O) groups is 2. The fraction of sp³-hybridized carbons (Fsp3) is 0.500. The quantitative estimate of drug-likeness (QED) is 0.785. The Bertz CT molecular complexity index is 471. The molecule has 0 saturated heterocycles. The Labute approximate surface area is 120 Å². The second-order valence-corrected chi connectivity index (χ2v) is 6.11. The van der Waals surface area contributed by atoms with E-state index in [9.17, 15) is 9.59 Å². The number of hydrogen-bond donors (Lipinski definition) is 2. The summed E-state index contributed by atoms with van der Waals surface area (Å²) in [6.45, 7) is 7.85. The third kappa shape index (κ3) is 5.53. The van der Waals surface area contributed by atoms with Gasteiger partial charge in [0.05, 0.1) is 6.04 Å². The minimum absolute atomic E-state index is 0.0225. The summed E-state index contributed by atoms with van der Waals surface area (Å²) in [6, 6.07) is 6.87. The van der Waals surface area contributed by atoms with Gasteiger partial charge in [0.15, 0.2) is 5.78 Å². The fourth-order valence-electron chi connectivity index (χ4n) is 1.98. The standard InChI is InChI=1S/C16H23NO3/c1-11-5-7-12(8-6-11)15(20)13(9-10-14(18)19)17-16(2,3)4/h5-8,13,17H,9-10H2,1-4H3,(H,18,19). The van der Waals surface area contributed by atoms with Crippen LogP contribution in [0.15, 0.2) is 24.3 Å². The number of aliphatic carboxylic acids is 1. The van der Waals surface area contributed by atoms with Gasteiger partial charge in [0.1, 0.15) is 0 Å². The van der Waals surface area contributed by atoms with Gasteiger partial charge in [0.25, 0.3) is 0 Å². The summed E-state index contributed by atoms with van der Waals surface area (Å²) in [7, 11) is 0. The third-order valence-electron chi connectivity index (χ3n) is 2.91. The van der Waals surface area contributed by atoms with Gasteiger partial charge in [-0.3, -0.25) is 9.59 Å². The number of benzene rings is 1. The van der Waals surface area contributed by atoms with Crippen molar-refractivity contribution in [3.05, 3.63) is 35.4 Å². The minimum atomic E-state index is -0.887. The minimum Gasteiger partial charge on any atom is -0.481 e. The van der Waals surface area contributed by atoms with Gasteiger partial charge in [-0.05, 0) is 34.1 Å². The highest BCUT2D eigenvalue weighted by Gasteiger charge is 2.25. The summed E-state index contributed by atoms with van der Waals surface area (Å²) in [5, 5.41) is 12.0. The average Bonchev–Trinajstić information content (AvgIpc) is 2.33. The van der Waals surface area contributed by atoms with E-state index in [1.807, 2.05) is 39.8 Å². The number of carboxylic acids is 1. The van der Waals surface area contributed by atoms with E-state index in [0.29, 0.717) is 12.0 Å². The number of aryl methyl sites for hydroxylation is 1. The molecule has 0 heterocycles. The summed E-state index contributed by atoms with van der Waals surface area (Å²) in [4.78, 5) is 23.2. The summed E-state index contributed by atoms with van der Waals surface area (Å²) < 4.78 is 0. The number of carboxylic acid groups (broad SMARTS) is 1. The lowest BCUT2D eigenvalue weighted by Crippen LogP contribution is -2.48. The van der Waals surface area contributed by atoms with Gasteiger partial charge in [0, 0.05) is 17.5 Å². The molecule has 1 rings (SSSR count). The molecule has 110 valence electrons. The lowest BCUT2D eigenvalue weighted by molar-refractivity contribution is -0.137. The largest absolute Gasteiger partial charge is 0.481 e. The van der Waals surface area contributed by atoms with Crippen molar-refractivity contribution in [3.63, 3.8) is 0 Å². The number of hydrogen-bond acceptors (Lipinski definition) is 3. The molecule has 0 amide bonds. The van der Waals surface area contributed by atoms with Crippen LogP contribution in [0.1, 0.15) is 49.5 Å². The molecule has 0 aromatic heterocycles. The maximum absolute atomic E-state index is 12.5. The van der Waals surface area contributed by atoms with Gasteiger partial charge in [-0.2, -0.15) is 0 Å². The molecule has 1 aromatic carbocycles. The van der Waals surface area contributed by atoms with Crippen molar-refractivity contribution in [3.8, 4) is 0 Å². The van der Waals surface area contributed by atoms with Gasteiger partial charge in [0.2, 0.25) is 0 Å². The molecule has 0 bridgehead atoms. The molecular formula is C16H23NO3. The smallest absolute Gasteiger partial charge is 0.303 e. The van der Waals surface area contributed by atoms with Crippen LogP contribution in [-0.2, 0) is 4.79 Å². The van der Waals surface area contributed by atoms with E-state index < -0.39 is 12.0 Å². The second kappa shape index (κ2) is 6.66. The first kappa shape index (κ1) is 16.4. The van der Waals surface area contributed by atoms with Crippen molar-refractivity contribution in [1.82, 2.24) is 5.32 Å². The summed E-state index contributed by atoms with van der Waals surface area (Å²) in [6.07, 6.45) is 0.269. The Morgan fingerprint density at radius 3 is 2.20 bits per heavy atom. The zero-order valence-electron chi connectivity index (χ0n) is 12.6. The Kier molecular flexibility index (Phi) is 5.45. The fourth-order valence-corrected chi connectivity index (χ4v) is 1.98. The van der Waals surface area contributed by atoms with Crippen molar-refractivity contribution in [2.24, 2.45) is 0 Å². The number of carbonyl (C=O) groups excluding carboxylic acids is 1. The Hall–Kier alpha value is -1.68. The van der Waals surface area contributed by atoms with Crippen molar-refractivity contribution in [2.45, 2.75) is 52.1 Å². The SMILES string of the molecule is Cc1ccc(C(=O)C(CCC(=O)O)NC(C)(C)C)cc1. The Morgan fingerprint density at radius 1 is 1.20 bits per heavy atom. The molecule has 1 aromatic rings. The normalized spacial score (nSPS) is 13.0. The summed E-state index contributed by atoms with van der Waals surface area (Å²) in [5.74, 6) is -0.941. The first-order valence-electron chi connectivity index (χ1n) is 6.79. The van der Waals surface area contributed by atoms with Crippen LogP contribution in [0.3, 0.4) is 0 Å². The van der Waals surface area contributed by atoms with Gasteiger partial charge >= 0.3 is 5.97 Å². The molecule has 0 spiro atoms. The molecule has 0 radical (unpaired) electrons. The molecule has 4 nitrogen and oxygen atoms in total. The van der Waals surface area contributed by atoms with Crippen molar-refractivity contribution in [2.75, 3.05) is 0 Å². The number of Topliss-reactive ketones (excluding diaryl/α,β-unsaturated/α-hetero) is 1. The average molecular weight is 277 g/mol. The highest BCUT2D eigenvalue weighted by Crippen LogP contribution is 2.13. The predicted molar refractivity (Wildman–Crippen MR) is 79.1 cm³/mol.